The molecule has 0 atom stereocenters. The molecule has 2 aromatic rings. The number of piperazine rings is 1. The largest absolute Gasteiger partial charge is 0.486 e. The van der Waals surface area contributed by atoms with Crippen LogP contribution in [-0.4, -0.2) is 56.9 Å². The predicted molar refractivity (Wildman–Crippen MR) is 114 cm³/mol. The summed E-state index contributed by atoms with van der Waals surface area (Å²) in [5.74, 6) is 1.59. The van der Waals surface area contributed by atoms with Gasteiger partial charge in [-0.3, -0.25) is 0 Å². The molecule has 4 rings (SSSR count). The minimum Gasteiger partial charge on any atom is -0.486 e. The minimum atomic E-state index is 0.0168. The van der Waals surface area contributed by atoms with Crippen LogP contribution in [-0.2, 0) is 6.42 Å². The number of anilines is 1. The number of hydrogen-bond donors (Lipinski definition) is 1. The molecule has 29 heavy (non-hydrogen) atoms. The van der Waals surface area contributed by atoms with Crippen molar-refractivity contribution in [3.05, 3.63) is 53.1 Å². The molecule has 2 aliphatic rings. The summed E-state index contributed by atoms with van der Waals surface area (Å²) in [4.78, 5) is 16.8. The third-order valence-corrected chi connectivity index (χ3v) is 5.78. The van der Waals surface area contributed by atoms with Crippen LogP contribution < -0.4 is 19.7 Å². The molecule has 6 nitrogen and oxygen atoms in total. The molecule has 2 amide bonds. The Labute approximate surface area is 172 Å². The molecule has 1 N–H and O–H groups in total. The van der Waals surface area contributed by atoms with E-state index in [0.29, 0.717) is 19.8 Å². The standard InChI is InChI=1S/C23H29N3O3/c1-17-4-3-5-20(18(17)2)25-10-12-26(13-11-25)23(27)24-9-8-19-6-7-21-22(16-19)29-15-14-28-21/h3-7,16H,8-15H2,1-2H3,(H,24,27). The predicted octanol–water partition coefficient (Wildman–Crippen LogP) is 3.15. The quantitative estimate of drug-likeness (QED) is 0.864. The Morgan fingerprint density at radius 1 is 1.00 bits per heavy atom. The Morgan fingerprint density at radius 2 is 1.76 bits per heavy atom. The van der Waals surface area contributed by atoms with Crippen molar-refractivity contribution in [2.24, 2.45) is 0 Å². The molecule has 2 aliphatic heterocycles. The van der Waals surface area contributed by atoms with Crippen molar-refractivity contribution in [3.8, 4) is 11.5 Å². The van der Waals surface area contributed by atoms with E-state index in [1.807, 2.05) is 23.1 Å². The summed E-state index contributed by atoms with van der Waals surface area (Å²) in [6.07, 6.45) is 0.769. The van der Waals surface area contributed by atoms with Crippen LogP contribution in [0.2, 0.25) is 0 Å². The van der Waals surface area contributed by atoms with E-state index in [9.17, 15) is 4.79 Å². The second-order valence-corrected chi connectivity index (χ2v) is 7.65. The first kappa shape index (κ1) is 19.4. The highest BCUT2D eigenvalue weighted by atomic mass is 16.6. The molecule has 6 heteroatoms. The Bertz CT molecular complexity index is 876. The summed E-state index contributed by atoms with van der Waals surface area (Å²) in [5.41, 5.74) is 5.05. The molecule has 0 aromatic heterocycles. The number of carbonyl (C=O) groups excluding carboxylic acids is 1. The summed E-state index contributed by atoms with van der Waals surface area (Å²) in [6.45, 7) is 9.30. The van der Waals surface area contributed by atoms with Crippen LogP contribution in [0.3, 0.4) is 0 Å². The van der Waals surface area contributed by atoms with Gasteiger partial charge in [0.2, 0.25) is 0 Å². The smallest absolute Gasteiger partial charge is 0.317 e. The fourth-order valence-electron chi connectivity index (χ4n) is 3.90. The van der Waals surface area contributed by atoms with Crippen LogP contribution in [0.25, 0.3) is 0 Å². The fraction of sp³-hybridized carbons (Fsp3) is 0.435. The fourth-order valence-corrected chi connectivity index (χ4v) is 3.90. The summed E-state index contributed by atoms with van der Waals surface area (Å²) < 4.78 is 11.2. The maximum absolute atomic E-state index is 12.5. The highest BCUT2D eigenvalue weighted by Gasteiger charge is 2.22. The molecule has 0 bridgehead atoms. The third-order valence-electron chi connectivity index (χ3n) is 5.78. The van der Waals surface area contributed by atoms with E-state index < -0.39 is 0 Å². The van der Waals surface area contributed by atoms with Gasteiger partial charge in [0, 0.05) is 38.4 Å². The lowest BCUT2D eigenvalue weighted by atomic mass is 10.1. The van der Waals surface area contributed by atoms with Gasteiger partial charge in [-0.2, -0.15) is 0 Å². The molecule has 1 fully saturated rings. The van der Waals surface area contributed by atoms with E-state index in [-0.39, 0.29) is 6.03 Å². The Hall–Kier alpha value is -2.89. The van der Waals surface area contributed by atoms with Crippen LogP contribution in [0.4, 0.5) is 10.5 Å². The van der Waals surface area contributed by atoms with Gasteiger partial charge in [-0.25, -0.2) is 4.79 Å². The van der Waals surface area contributed by atoms with E-state index >= 15 is 0 Å². The topological polar surface area (TPSA) is 54.0 Å². The Balaban J connectivity index is 1.24. The average molecular weight is 396 g/mol. The Morgan fingerprint density at radius 3 is 2.55 bits per heavy atom. The number of aryl methyl sites for hydroxylation is 1. The maximum Gasteiger partial charge on any atom is 0.317 e. The highest BCUT2D eigenvalue weighted by Crippen LogP contribution is 2.30. The second kappa shape index (κ2) is 8.64. The first-order valence-corrected chi connectivity index (χ1v) is 10.3. The maximum atomic E-state index is 12.5. The molecule has 0 unspecified atom stereocenters. The first-order chi connectivity index (χ1) is 14.1. The summed E-state index contributed by atoms with van der Waals surface area (Å²) in [6, 6.07) is 12.4. The number of carbonyl (C=O) groups is 1. The number of hydrogen-bond acceptors (Lipinski definition) is 4. The molecule has 2 heterocycles. The van der Waals surface area contributed by atoms with E-state index in [0.717, 1.165) is 49.7 Å². The lowest BCUT2D eigenvalue weighted by molar-refractivity contribution is 0.171. The van der Waals surface area contributed by atoms with E-state index in [4.69, 9.17) is 9.47 Å². The van der Waals surface area contributed by atoms with Crippen molar-refractivity contribution in [1.82, 2.24) is 10.2 Å². The number of amides is 2. The minimum absolute atomic E-state index is 0.0168. The zero-order chi connectivity index (χ0) is 20.2. The number of nitrogens with zero attached hydrogens (tertiary/aromatic N) is 2. The summed E-state index contributed by atoms with van der Waals surface area (Å²) in [7, 11) is 0. The second-order valence-electron chi connectivity index (χ2n) is 7.65. The van der Waals surface area contributed by atoms with Crippen LogP contribution in [0.15, 0.2) is 36.4 Å². The number of fused-ring (bicyclic) bond motifs is 1. The van der Waals surface area contributed by atoms with Crippen molar-refractivity contribution in [2.45, 2.75) is 20.3 Å². The highest BCUT2D eigenvalue weighted by molar-refractivity contribution is 5.74. The summed E-state index contributed by atoms with van der Waals surface area (Å²) in [5, 5.41) is 3.05. The zero-order valence-electron chi connectivity index (χ0n) is 17.2. The van der Waals surface area contributed by atoms with Crippen molar-refractivity contribution >= 4 is 11.7 Å². The molecular formula is C23H29N3O3. The Kier molecular flexibility index (Phi) is 5.79. The molecule has 1 saturated heterocycles. The van der Waals surface area contributed by atoms with E-state index in [2.05, 4.69) is 42.3 Å². The van der Waals surface area contributed by atoms with Gasteiger partial charge >= 0.3 is 6.03 Å². The van der Waals surface area contributed by atoms with Gasteiger partial charge in [0.05, 0.1) is 0 Å². The molecule has 0 aliphatic carbocycles. The van der Waals surface area contributed by atoms with E-state index in [1.54, 1.807) is 0 Å². The van der Waals surface area contributed by atoms with Crippen LogP contribution in [0.5, 0.6) is 11.5 Å². The van der Waals surface area contributed by atoms with Gasteiger partial charge in [-0.05, 0) is 55.2 Å². The van der Waals surface area contributed by atoms with Crippen molar-refractivity contribution in [2.75, 3.05) is 50.8 Å². The average Bonchev–Trinajstić information content (AvgIpc) is 2.75. The molecule has 0 radical (unpaired) electrons. The molecule has 2 aromatic carbocycles. The van der Waals surface area contributed by atoms with Crippen LogP contribution >= 0.6 is 0 Å². The molecule has 0 saturated carbocycles. The molecule has 0 spiro atoms. The van der Waals surface area contributed by atoms with Crippen LogP contribution in [0.1, 0.15) is 16.7 Å². The SMILES string of the molecule is Cc1cccc(N2CCN(C(=O)NCCc3ccc4c(c3)OCCO4)CC2)c1C. The van der Waals surface area contributed by atoms with E-state index in [1.165, 1.54) is 16.8 Å². The monoisotopic (exact) mass is 395 g/mol. The lowest BCUT2D eigenvalue weighted by Crippen LogP contribution is -2.52. The third kappa shape index (κ3) is 4.42. The zero-order valence-corrected chi connectivity index (χ0v) is 17.2. The van der Waals surface area contributed by atoms with Gasteiger partial charge in [0.15, 0.2) is 11.5 Å². The number of benzene rings is 2. The lowest BCUT2D eigenvalue weighted by Gasteiger charge is -2.37. The van der Waals surface area contributed by atoms with Crippen LogP contribution in [0, 0.1) is 13.8 Å². The van der Waals surface area contributed by atoms with Gasteiger partial charge in [0.25, 0.3) is 0 Å². The molecule has 154 valence electrons. The normalized spacial score (nSPS) is 15.9. The first-order valence-electron chi connectivity index (χ1n) is 10.3. The van der Waals surface area contributed by atoms with Crippen molar-refractivity contribution in [1.29, 1.82) is 0 Å². The van der Waals surface area contributed by atoms with Crippen molar-refractivity contribution in [3.63, 3.8) is 0 Å². The summed E-state index contributed by atoms with van der Waals surface area (Å²) >= 11 is 0. The number of urea groups is 1. The number of rotatable bonds is 4. The number of nitrogens with one attached hydrogen (secondary N) is 1. The van der Waals surface area contributed by atoms with Gasteiger partial charge in [-0.15, -0.1) is 0 Å². The van der Waals surface area contributed by atoms with Gasteiger partial charge < -0.3 is 24.6 Å². The van der Waals surface area contributed by atoms with Crippen molar-refractivity contribution < 1.29 is 14.3 Å². The molecular weight excluding hydrogens is 366 g/mol. The van der Waals surface area contributed by atoms with Gasteiger partial charge in [-0.1, -0.05) is 18.2 Å². The van der Waals surface area contributed by atoms with Gasteiger partial charge in [0.1, 0.15) is 13.2 Å². The number of ether oxygens (including phenoxy) is 2.